The Kier molecular flexibility index (Phi) is 4.60. The van der Waals surface area contributed by atoms with E-state index < -0.39 is 6.10 Å². The Morgan fingerprint density at radius 3 is 2.77 bits per heavy atom. The van der Waals surface area contributed by atoms with Gasteiger partial charge in [0.25, 0.3) is 0 Å². The lowest BCUT2D eigenvalue weighted by atomic mass is 10.1. The first kappa shape index (κ1) is 15.3. The normalized spacial score (nSPS) is 12.7. The number of aryl methyl sites for hydroxylation is 1. The van der Waals surface area contributed by atoms with E-state index >= 15 is 0 Å². The predicted molar refractivity (Wildman–Crippen MR) is 92.8 cm³/mol. The molecule has 0 amide bonds. The van der Waals surface area contributed by atoms with Gasteiger partial charge in [-0.1, -0.05) is 47.1 Å². The third-order valence-electron chi connectivity index (χ3n) is 3.80. The molecule has 2 aromatic carbocycles. The van der Waals surface area contributed by atoms with Crippen LogP contribution in [0, 0.1) is 0 Å². The van der Waals surface area contributed by atoms with Crippen molar-refractivity contribution >= 4 is 27.0 Å². The maximum atomic E-state index is 10.6. The van der Waals surface area contributed by atoms with Gasteiger partial charge >= 0.3 is 0 Å². The third-order valence-corrected chi connectivity index (χ3v) is 4.29. The van der Waals surface area contributed by atoms with E-state index in [0.29, 0.717) is 6.54 Å². The predicted octanol–water partition coefficient (Wildman–Crippen LogP) is 4.48. The molecule has 1 heterocycles. The Bertz CT molecular complexity index is 782. The summed E-state index contributed by atoms with van der Waals surface area (Å²) in [7, 11) is 0. The van der Waals surface area contributed by atoms with Crippen molar-refractivity contribution in [2.45, 2.75) is 32.4 Å². The molecule has 0 bridgehead atoms. The molecule has 0 unspecified atom stereocenters. The fourth-order valence-electron chi connectivity index (χ4n) is 2.74. The van der Waals surface area contributed by atoms with Crippen LogP contribution < -0.4 is 0 Å². The van der Waals surface area contributed by atoms with Gasteiger partial charge < -0.3 is 9.67 Å². The largest absolute Gasteiger partial charge is 0.387 e. The molecule has 22 heavy (non-hydrogen) atoms. The van der Waals surface area contributed by atoms with E-state index in [1.165, 1.54) is 0 Å². The topological polar surface area (TPSA) is 38.0 Å². The molecule has 1 N–H and O–H groups in total. The average Bonchev–Trinajstić information content (AvgIpc) is 2.85. The van der Waals surface area contributed by atoms with Gasteiger partial charge in [0.2, 0.25) is 0 Å². The van der Waals surface area contributed by atoms with Gasteiger partial charge in [-0.3, -0.25) is 0 Å². The van der Waals surface area contributed by atoms with Crippen molar-refractivity contribution in [1.82, 2.24) is 9.55 Å². The zero-order valence-corrected chi connectivity index (χ0v) is 14.1. The molecule has 3 aromatic rings. The van der Waals surface area contributed by atoms with Crippen LogP contribution in [0.25, 0.3) is 11.0 Å². The molecule has 0 aliphatic carbocycles. The molecule has 0 aliphatic rings. The van der Waals surface area contributed by atoms with Gasteiger partial charge in [0.15, 0.2) is 0 Å². The minimum absolute atomic E-state index is 0.520. The maximum Gasteiger partial charge on any atom is 0.109 e. The molecule has 3 rings (SSSR count). The molecule has 0 aliphatic heterocycles. The molecule has 0 saturated carbocycles. The van der Waals surface area contributed by atoms with Crippen molar-refractivity contribution in [3.8, 4) is 0 Å². The number of hydrogen-bond acceptors (Lipinski definition) is 2. The number of halogens is 1. The summed E-state index contributed by atoms with van der Waals surface area (Å²) in [6.45, 7) is 2.67. The standard InChI is InChI=1S/C18H19BrN2O/c1-2-6-18-20-15-9-3-4-10-16(15)21(18)12-17(22)13-7-5-8-14(19)11-13/h3-5,7-11,17,22H,2,6,12H2,1H3/t17-/m0/s1. The molecule has 114 valence electrons. The quantitative estimate of drug-likeness (QED) is 0.729. The van der Waals surface area contributed by atoms with E-state index in [1.54, 1.807) is 0 Å². The van der Waals surface area contributed by atoms with Gasteiger partial charge in [0, 0.05) is 10.9 Å². The molecule has 0 radical (unpaired) electrons. The van der Waals surface area contributed by atoms with Gasteiger partial charge in [0.1, 0.15) is 5.82 Å². The molecule has 1 aromatic heterocycles. The molecular weight excluding hydrogens is 340 g/mol. The van der Waals surface area contributed by atoms with Crippen molar-refractivity contribution in [3.05, 3.63) is 64.4 Å². The zero-order valence-electron chi connectivity index (χ0n) is 12.5. The second kappa shape index (κ2) is 6.63. The molecule has 0 saturated heterocycles. The fraction of sp³-hybridized carbons (Fsp3) is 0.278. The number of aliphatic hydroxyl groups is 1. The van der Waals surface area contributed by atoms with Crippen LogP contribution in [-0.4, -0.2) is 14.7 Å². The summed E-state index contributed by atoms with van der Waals surface area (Å²) < 4.78 is 3.12. The Morgan fingerprint density at radius 2 is 2.00 bits per heavy atom. The number of aromatic nitrogens is 2. The number of benzene rings is 2. The summed E-state index contributed by atoms with van der Waals surface area (Å²) in [4.78, 5) is 4.71. The van der Waals surface area contributed by atoms with Crippen molar-refractivity contribution in [2.24, 2.45) is 0 Å². The molecule has 0 fully saturated rings. The second-order valence-corrected chi connectivity index (χ2v) is 6.36. The Hall–Kier alpha value is -1.65. The minimum Gasteiger partial charge on any atom is -0.387 e. The molecule has 1 atom stereocenters. The van der Waals surface area contributed by atoms with Gasteiger partial charge in [-0.2, -0.15) is 0 Å². The van der Waals surface area contributed by atoms with E-state index in [0.717, 1.165) is 39.7 Å². The molecular formula is C18H19BrN2O. The first-order valence-electron chi connectivity index (χ1n) is 7.56. The highest BCUT2D eigenvalue weighted by Crippen LogP contribution is 2.24. The van der Waals surface area contributed by atoms with E-state index in [2.05, 4.69) is 33.5 Å². The third kappa shape index (κ3) is 3.08. The Balaban J connectivity index is 1.96. The summed E-state index contributed by atoms with van der Waals surface area (Å²) >= 11 is 3.46. The lowest BCUT2D eigenvalue weighted by Crippen LogP contribution is -2.11. The number of rotatable bonds is 5. The summed E-state index contributed by atoms with van der Waals surface area (Å²) in [5.74, 6) is 1.04. The lowest BCUT2D eigenvalue weighted by molar-refractivity contribution is 0.156. The smallest absolute Gasteiger partial charge is 0.109 e. The molecule has 4 heteroatoms. The average molecular weight is 359 g/mol. The van der Waals surface area contributed by atoms with Crippen LogP contribution >= 0.6 is 15.9 Å². The maximum absolute atomic E-state index is 10.6. The van der Waals surface area contributed by atoms with Crippen LogP contribution in [-0.2, 0) is 13.0 Å². The first-order chi connectivity index (χ1) is 10.7. The van der Waals surface area contributed by atoms with E-state index in [4.69, 9.17) is 4.98 Å². The zero-order chi connectivity index (χ0) is 15.5. The van der Waals surface area contributed by atoms with Gasteiger partial charge in [-0.25, -0.2) is 4.98 Å². The highest BCUT2D eigenvalue weighted by Gasteiger charge is 2.15. The second-order valence-electron chi connectivity index (χ2n) is 5.45. The number of aliphatic hydroxyl groups excluding tert-OH is 1. The van der Waals surface area contributed by atoms with E-state index in [9.17, 15) is 5.11 Å². The molecule has 0 spiro atoms. The highest BCUT2D eigenvalue weighted by atomic mass is 79.9. The van der Waals surface area contributed by atoms with Crippen molar-refractivity contribution in [2.75, 3.05) is 0 Å². The van der Waals surface area contributed by atoms with Gasteiger partial charge in [-0.15, -0.1) is 0 Å². The number of imidazole rings is 1. The molecule has 3 nitrogen and oxygen atoms in total. The number of hydrogen-bond donors (Lipinski definition) is 1. The fourth-order valence-corrected chi connectivity index (χ4v) is 3.15. The van der Waals surface area contributed by atoms with Gasteiger partial charge in [0.05, 0.1) is 23.7 Å². The van der Waals surface area contributed by atoms with Crippen LogP contribution in [0.3, 0.4) is 0 Å². The van der Waals surface area contributed by atoms with Crippen LogP contribution in [0.2, 0.25) is 0 Å². The van der Waals surface area contributed by atoms with E-state index in [-0.39, 0.29) is 0 Å². The summed E-state index contributed by atoms with van der Waals surface area (Å²) in [6, 6.07) is 15.9. The monoisotopic (exact) mass is 358 g/mol. The Labute approximate surface area is 138 Å². The highest BCUT2D eigenvalue weighted by molar-refractivity contribution is 9.10. The van der Waals surface area contributed by atoms with Crippen molar-refractivity contribution in [3.63, 3.8) is 0 Å². The SMILES string of the molecule is CCCc1nc2ccccc2n1C[C@H](O)c1cccc(Br)c1. The van der Waals surface area contributed by atoms with Crippen LogP contribution in [0.4, 0.5) is 0 Å². The summed E-state index contributed by atoms with van der Waals surface area (Å²) in [6.07, 6.45) is 1.40. The van der Waals surface area contributed by atoms with Crippen LogP contribution in [0.15, 0.2) is 53.0 Å². The van der Waals surface area contributed by atoms with Crippen LogP contribution in [0.1, 0.15) is 30.8 Å². The van der Waals surface area contributed by atoms with Crippen molar-refractivity contribution < 1.29 is 5.11 Å². The lowest BCUT2D eigenvalue weighted by Gasteiger charge is -2.15. The van der Waals surface area contributed by atoms with Crippen LogP contribution in [0.5, 0.6) is 0 Å². The number of para-hydroxylation sites is 2. The summed E-state index contributed by atoms with van der Waals surface area (Å²) in [5, 5.41) is 10.6. The number of nitrogens with zero attached hydrogens (tertiary/aromatic N) is 2. The number of fused-ring (bicyclic) bond motifs is 1. The first-order valence-corrected chi connectivity index (χ1v) is 8.36. The van der Waals surface area contributed by atoms with E-state index in [1.807, 2.05) is 42.5 Å². The van der Waals surface area contributed by atoms with Gasteiger partial charge in [-0.05, 0) is 36.2 Å². The van der Waals surface area contributed by atoms with Crippen molar-refractivity contribution in [1.29, 1.82) is 0 Å². The minimum atomic E-state index is -0.550. The Morgan fingerprint density at radius 1 is 1.18 bits per heavy atom. The summed E-state index contributed by atoms with van der Waals surface area (Å²) in [5.41, 5.74) is 2.99.